The number of fused-ring (bicyclic) bond motifs is 1. The Morgan fingerprint density at radius 2 is 2.07 bits per heavy atom. The van der Waals surface area contributed by atoms with Gasteiger partial charge in [0.1, 0.15) is 5.75 Å². The summed E-state index contributed by atoms with van der Waals surface area (Å²) in [4.78, 5) is 4.39. The molecule has 5 nitrogen and oxygen atoms in total. The number of rotatable bonds is 7. The summed E-state index contributed by atoms with van der Waals surface area (Å²) in [6.45, 7) is 11.0. The maximum absolute atomic E-state index is 5.64. The van der Waals surface area contributed by atoms with Crippen molar-refractivity contribution in [2.24, 2.45) is 0 Å². The lowest BCUT2D eigenvalue weighted by Crippen LogP contribution is -2.00. The quantitative estimate of drug-likeness (QED) is 0.705. The number of nitrogens with one attached hydrogen (secondary N) is 1. The number of ether oxygens (including phenoxy) is 3. The molecule has 3 rings (SSSR count). The van der Waals surface area contributed by atoms with Crippen molar-refractivity contribution >= 4 is 17.4 Å². The number of aryl methyl sites for hydroxylation is 1. The van der Waals surface area contributed by atoms with Gasteiger partial charge in [-0.1, -0.05) is 26.5 Å². The second-order valence-electron chi connectivity index (χ2n) is 5.70. The van der Waals surface area contributed by atoms with Crippen LogP contribution >= 0.6 is 11.8 Å². The Hall–Kier alpha value is -2.34. The molecule has 0 unspecified atom stereocenters. The Morgan fingerprint density at radius 1 is 1.30 bits per heavy atom. The molecule has 27 heavy (non-hydrogen) atoms. The van der Waals surface area contributed by atoms with Crippen LogP contribution in [0.3, 0.4) is 0 Å². The molecule has 0 radical (unpaired) electrons. The molecule has 0 atom stereocenters. The fourth-order valence-electron chi connectivity index (χ4n) is 2.78. The Bertz CT molecular complexity index is 793. The number of hydrogen-bond acceptors (Lipinski definition) is 6. The van der Waals surface area contributed by atoms with Gasteiger partial charge >= 0.3 is 0 Å². The summed E-state index contributed by atoms with van der Waals surface area (Å²) in [5.74, 6) is 2.93. The third-order valence-corrected chi connectivity index (χ3v) is 4.93. The van der Waals surface area contributed by atoms with Gasteiger partial charge in [0, 0.05) is 36.2 Å². The number of nitrogens with zero attached hydrogens (tertiary/aromatic N) is 1. The Labute approximate surface area is 166 Å². The number of thioether (sulfide) groups is 1. The van der Waals surface area contributed by atoms with Gasteiger partial charge in [0.2, 0.25) is 0 Å². The fourth-order valence-corrected chi connectivity index (χ4v) is 3.48. The van der Waals surface area contributed by atoms with Crippen molar-refractivity contribution in [3.8, 4) is 17.2 Å². The zero-order valence-electron chi connectivity index (χ0n) is 16.7. The lowest BCUT2D eigenvalue weighted by atomic mass is 10.1. The molecule has 1 aliphatic rings. The van der Waals surface area contributed by atoms with Gasteiger partial charge in [0.05, 0.1) is 31.5 Å². The molecular weight excluding hydrogens is 360 g/mol. The Kier molecular flexibility index (Phi) is 7.85. The number of pyridine rings is 1. The van der Waals surface area contributed by atoms with Crippen LogP contribution in [0.25, 0.3) is 0 Å². The summed E-state index contributed by atoms with van der Waals surface area (Å²) < 4.78 is 16.4. The summed E-state index contributed by atoms with van der Waals surface area (Å²) >= 11 is 1.57. The van der Waals surface area contributed by atoms with Crippen molar-refractivity contribution in [2.45, 2.75) is 32.9 Å². The summed E-state index contributed by atoms with van der Waals surface area (Å²) in [5.41, 5.74) is 4.29. The molecule has 146 valence electrons. The molecule has 1 aromatic carbocycles. The fraction of sp³-hybridized carbons (Fsp3) is 0.381. The zero-order chi connectivity index (χ0) is 19.8. The minimum Gasteiger partial charge on any atom is -0.493 e. The van der Waals surface area contributed by atoms with E-state index in [-0.39, 0.29) is 0 Å². The smallest absolute Gasteiger partial charge is 0.183 e. The second-order valence-corrected chi connectivity index (χ2v) is 6.77. The lowest BCUT2D eigenvalue weighted by molar-refractivity contribution is 0.350. The van der Waals surface area contributed by atoms with Crippen molar-refractivity contribution in [1.82, 2.24) is 4.98 Å². The average Bonchev–Trinajstić information content (AvgIpc) is 3.14. The van der Waals surface area contributed by atoms with Crippen molar-refractivity contribution in [1.29, 1.82) is 0 Å². The van der Waals surface area contributed by atoms with Gasteiger partial charge in [0.15, 0.2) is 11.5 Å². The molecule has 0 aliphatic carbocycles. The number of hydrogen-bond donors (Lipinski definition) is 1. The first-order valence-corrected chi connectivity index (χ1v) is 10.0. The SMILES string of the molecule is C=C(Nc1cc2c(cc1C)CCO2)SCc1nccc(OC)c1OC.CC. The van der Waals surface area contributed by atoms with Crippen molar-refractivity contribution in [2.75, 3.05) is 26.1 Å². The molecule has 0 fully saturated rings. The van der Waals surface area contributed by atoms with Gasteiger partial charge in [-0.05, 0) is 18.1 Å². The van der Waals surface area contributed by atoms with E-state index in [2.05, 4.69) is 29.9 Å². The Morgan fingerprint density at radius 3 is 2.78 bits per heavy atom. The molecule has 0 bridgehead atoms. The zero-order valence-corrected chi connectivity index (χ0v) is 17.5. The largest absolute Gasteiger partial charge is 0.493 e. The molecule has 2 aromatic rings. The van der Waals surface area contributed by atoms with E-state index in [0.29, 0.717) is 17.3 Å². The van der Waals surface area contributed by atoms with E-state index in [4.69, 9.17) is 14.2 Å². The van der Waals surface area contributed by atoms with Crippen LogP contribution in [-0.4, -0.2) is 25.8 Å². The highest BCUT2D eigenvalue weighted by Gasteiger charge is 2.15. The van der Waals surface area contributed by atoms with Crippen molar-refractivity contribution in [3.63, 3.8) is 0 Å². The van der Waals surface area contributed by atoms with Gasteiger partial charge in [-0.25, -0.2) is 0 Å². The second kappa shape index (κ2) is 10.1. The molecule has 1 aromatic heterocycles. The van der Waals surface area contributed by atoms with E-state index in [1.165, 1.54) is 11.1 Å². The first-order chi connectivity index (χ1) is 13.1. The van der Waals surface area contributed by atoms with Crippen LogP contribution < -0.4 is 19.5 Å². The standard InChI is InChI=1S/C19H22N2O3S.C2H6/c1-12-9-14-6-8-24-18(14)10-15(12)21-13(2)25-11-16-19(23-4)17(22-3)5-7-20-16;1-2/h5,7,9-10,21H,2,6,8,11H2,1,3-4H3;1-2H3. The summed E-state index contributed by atoms with van der Waals surface area (Å²) in [6, 6.07) is 6.01. The maximum atomic E-state index is 5.64. The minimum atomic E-state index is 0.632. The molecule has 1 aliphatic heterocycles. The van der Waals surface area contributed by atoms with Gasteiger partial charge in [-0.2, -0.15) is 0 Å². The van der Waals surface area contributed by atoms with Crippen molar-refractivity contribution < 1.29 is 14.2 Å². The molecule has 2 heterocycles. The first-order valence-electron chi connectivity index (χ1n) is 9.03. The normalized spacial score (nSPS) is 11.6. The molecule has 6 heteroatoms. The van der Waals surface area contributed by atoms with Crippen LogP contribution in [0.4, 0.5) is 5.69 Å². The van der Waals surface area contributed by atoms with Gasteiger partial charge in [-0.3, -0.25) is 4.98 Å². The molecule has 0 saturated heterocycles. The van der Waals surface area contributed by atoms with Crippen molar-refractivity contribution in [3.05, 3.63) is 52.8 Å². The topological polar surface area (TPSA) is 52.6 Å². The van der Waals surface area contributed by atoms with Crippen LogP contribution in [-0.2, 0) is 12.2 Å². The third-order valence-electron chi connectivity index (χ3n) is 4.06. The summed E-state index contributed by atoms with van der Waals surface area (Å²) in [6.07, 6.45) is 2.70. The van der Waals surface area contributed by atoms with E-state index in [9.17, 15) is 0 Å². The Balaban J connectivity index is 0.00000126. The number of benzene rings is 1. The van der Waals surface area contributed by atoms with Crippen LogP contribution in [0.1, 0.15) is 30.7 Å². The highest BCUT2D eigenvalue weighted by Crippen LogP contribution is 2.35. The van der Waals surface area contributed by atoms with Gasteiger partial charge in [0.25, 0.3) is 0 Å². The van der Waals surface area contributed by atoms with E-state index in [0.717, 1.165) is 35.2 Å². The number of methoxy groups -OCH3 is 2. The summed E-state index contributed by atoms with van der Waals surface area (Å²) in [5, 5.41) is 4.21. The number of anilines is 1. The maximum Gasteiger partial charge on any atom is 0.183 e. The molecule has 0 amide bonds. The van der Waals surface area contributed by atoms with Gasteiger partial charge in [-0.15, -0.1) is 11.8 Å². The van der Waals surface area contributed by atoms with E-state index >= 15 is 0 Å². The summed E-state index contributed by atoms with van der Waals surface area (Å²) in [7, 11) is 3.24. The monoisotopic (exact) mass is 388 g/mol. The average molecular weight is 389 g/mol. The molecule has 1 N–H and O–H groups in total. The lowest BCUT2D eigenvalue weighted by Gasteiger charge is -2.14. The van der Waals surface area contributed by atoms with E-state index in [1.807, 2.05) is 19.9 Å². The minimum absolute atomic E-state index is 0.632. The molecule has 0 spiro atoms. The predicted octanol–water partition coefficient (Wildman–Crippen LogP) is 5.18. The third kappa shape index (κ3) is 5.10. The van der Waals surface area contributed by atoms with E-state index < -0.39 is 0 Å². The predicted molar refractivity (Wildman–Crippen MR) is 113 cm³/mol. The van der Waals surface area contributed by atoms with Crippen LogP contribution in [0.5, 0.6) is 17.2 Å². The van der Waals surface area contributed by atoms with Crippen LogP contribution in [0.2, 0.25) is 0 Å². The first kappa shape index (κ1) is 21.0. The van der Waals surface area contributed by atoms with E-state index in [1.54, 1.807) is 38.2 Å². The highest BCUT2D eigenvalue weighted by molar-refractivity contribution is 8.02. The van der Waals surface area contributed by atoms with Gasteiger partial charge < -0.3 is 19.5 Å². The number of aromatic nitrogens is 1. The molecular formula is C21H28N2O3S. The van der Waals surface area contributed by atoms with Crippen LogP contribution in [0.15, 0.2) is 36.0 Å². The van der Waals surface area contributed by atoms with Crippen LogP contribution in [0, 0.1) is 6.92 Å². The molecule has 0 saturated carbocycles. The highest BCUT2D eigenvalue weighted by atomic mass is 32.2.